The van der Waals surface area contributed by atoms with Crippen LogP contribution in [-0.2, 0) is 12.8 Å². The molecule has 1 aromatic carbocycles. The van der Waals surface area contributed by atoms with E-state index in [1.807, 2.05) is 0 Å². The highest BCUT2D eigenvalue weighted by atomic mass is 32.1. The quantitative estimate of drug-likeness (QED) is 0.701. The van der Waals surface area contributed by atoms with Crippen LogP contribution < -0.4 is 16.7 Å². The Kier molecular flexibility index (Phi) is 4.77. The number of nitrogens with two attached hydrogens (primary N) is 1. The zero-order chi connectivity index (χ0) is 19.8. The number of carbonyl (C=O) groups excluding carboxylic acids is 2. The molecule has 0 saturated heterocycles. The van der Waals surface area contributed by atoms with Gasteiger partial charge in [-0.2, -0.15) is 0 Å². The van der Waals surface area contributed by atoms with Crippen LogP contribution in [0, 0.1) is 5.92 Å². The van der Waals surface area contributed by atoms with Crippen molar-refractivity contribution in [3.05, 3.63) is 62.5 Å². The van der Waals surface area contributed by atoms with Crippen molar-refractivity contribution >= 4 is 38.9 Å². The highest BCUT2D eigenvalue weighted by Crippen LogP contribution is 2.40. The molecule has 3 N–H and O–H groups in total. The topological polar surface area (TPSA) is 102 Å². The van der Waals surface area contributed by atoms with Gasteiger partial charge in [0.1, 0.15) is 5.00 Å². The van der Waals surface area contributed by atoms with Crippen LogP contribution in [0.4, 0.5) is 5.00 Å². The maximum absolute atomic E-state index is 12.7. The van der Waals surface area contributed by atoms with Crippen LogP contribution in [0.25, 0.3) is 10.8 Å². The fourth-order valence-electron chi connectivity index (χ4n) is 3.76. The lowest BCUT2D eigenvalue weighted by molar-refractivity contribution is 0.0993. The first-order valence-corrected chi connectivity index (χ1v) is 10.1. The number of anilines is 1. The molecule has 2 heterocycles. The maximum Gasteiger partial charge on any atom is 0.344 e. The van der Waals surface area contributed by atoms with Gasteiger partial charge in [-0.05, 0) is 48.3 Å². The lowest BCUT2D eigenvalue weighted by atomic mass is 9.85. The molecule has 2 amide bonds. The second-order valence-corrected chi connectivity index (χ2v) is 8.13. The second-order valence-electron chi connectivity index (χ2n) is 7.03. The summed E-state index contributed by atoms with van der Waals surface area (Å²) >= 11 is 1.39. The number of thiophene rings is 1. The monoisotopic (exact) mass is 396 g/mol. The Morgan fingerprint density at radius 1 is 1.32 bits per heavy atom. The summed E-state index contributed by atoms with van der Waals surface area (Å²) in [5, 5.41) is 4.19. The van der Waals surface area contributed by atoms with Crippen LogP contribution >= 0.6 is 11.3 Å². The van der Waals surface area contributed by atoms with Gasteiger partial charge in [-0.3, -0.25) is 9.59 Å². The molecule has 6 nitrogen and oxygen atoms in total. The third-order valence-electron chi connectivity index (χ3n) is 5.31. The number of carbonyl (C=O) groups is 2. The van der Waals surface area contributed by atoms with E-state index in [-0.39, 0.29) is 5.76 Å². The summed E-state index contributed by atoms with van der Waals surface area (Å²) in [6.45, 7) is 2.16. The van der Waals surface area contributed by atoms with Gasteiger partial charge in [-0.25, -0.2) is 4.79 Å². The third-order valence-corrected chi connectivity index (χ3v) is 6.48. The van der Waals surface area contributed by atoms with Crippen molar-refractivity contribution in [3.8, 4) is 0 Å². The molecule has 28 heavy (non-hydrogen) atoms. The Hall–Kier alpha value is -2.93. The molecular formula is C21H20N2O4S. The fraction of sp³-hybridized carbons (Fsp3) is 0.286. The van der Waals surface area contributed by atoms with E-state index in [0.717, 1.165) is 36.1 Å². The first-order chi connectivity index (χ1) is 13.5. The molecule has 2 aromatic heterocycles. The van der Waals surface area contributed by atoms with Crippen molar-refractivity contribution in [2.45, 2.75) is 32.6 Å². The highest BCUT2D eigenvalue weighted by Gasteiger charge is 2.28. The van der Waals surface area contributed by atoms with Gasteiger partial charge in [0.15, 0.2) is 5.76 Å². The summed E-state index contributed by atoms with van der Waals surface area (Å²) in [7, 11) is 0. The fourth-order valence-corrected chi connectivity index (χ4v) is 5.12. The molecule has 0 saturated carbocycles. The SMILES string of the molecule is CCC1CCc2c(sc(NC(=O)c3cc4ccccc4c(=O)o3)c2C(N)=O)C1. The molecule has 144 valence electrons. The smallest absolute Gasteiger partial charge is 0.344 e. The lowest BCUT2D eigenvalue weighted by Gasteiger charge is -2.20. The van der Waals surface area contributed by atoms with Gasteiger partial charge in [0.2, 0.25) is 0 Å². The number of nitrogens with one attached hydrogen (secondary N) is 1. The Morgan fingerprint density at radius 2 is 2.11 bits per heavy atom. The number of rotatable bonds is 4. The molecule has 0 fully saturated rings. The molecule has 0 aliphatic heterocycles. The Morgan fingerprint density at radius 3 is 2.86 bits per heavy atom. The summed E-state index contributed by atoms with van der Waals surface area (Å²) in [5.74, 6) is -0.649. The molecule has 0 bridgehead atoms. The van der Waals surface area contributed by atoms with E-state index < -0.39 is 17.4 Å². The number of hydrogen-bond acceptors (Lipinski definition) is 5. The minimum atomic E-state index is -0.574. The van der Waals surface area contributed by atoms with Crippen LogP contribution in [0.15, 0.2) is 39.5 Å². The van der Waals surface area contributed by atoms with Crippen LogP contribution in [0.2, 0.25) is 0 Å². The minimum absolute atomic E-state index is 0.100. The summed E-state index contributed by atoms with van der Waals surface area (Å²) in [5.41, 5.74) is 6.35. The summed E-state index contributed by atoms with van der Waals surface area (Å²) < 4.78 is 5.18. The van der Waals surface area contributed by atoms with E-state index in [1.54, 1.807) is 24.3 Å². The van der Waals surface area contributed by atoms with Crippen LogP contribution in [0.1, 0.15) is 51.1 Å². The Balaban J connectivity index is 1.69. The standard InChI is InChI=1S/C21H20N2O4S/c1-2-11-7-8-14-16(9-11)28-20(17(14)18(22)24)23-19(25)15-10-12-5-3-4-6-13(12)21(26)27-15/h3-6,10-11H,2,7-9H2,1H3,(H2,22,24)(H,23,25). The van der Waals surface area contributed by atoms with Crippen molar-refractivity contribution < 1.29 is 14.0 Å². The molecule has 1 unspecified atom stereocenters. The van der Waals surface area contributed by atoms with Gasteiger partial charge in [-0.1, -0.05) is 31.5 Å². The molecule has 1 aliphatic rings. The third kappa shape index (κ3) is 3.22. The van der Waals surface area contributed by atoms with Crippen molar-refractivity contribution in [2.75, 3.05) is 5.32 Å². The molecule has 1 aliphatic carbocycles. The van der Waals surface area contributed by atoms with Crippen LogP contribution in [0.3, 0.4) is 0 Å². The zero-order valence-electron chi connectivity index (χ0n) is 15.4. The van der Waals surface area contributed by atoms with Crippen molar-refractivity contribution in [1.82, 2.24) is 0 Å². The van der Waals surface area contributed by atoms with Crippen molar-refractivity contribution in [2.24, 2.45) is 11.7 Å². The minimum Gasteiger partial charge on any atom is -0.417 e. The Bertz CT molecular complexity index is 1150. The Labute approximate surface area is 165 Å². The number of hydrogen-bond donors (Lipinski definition) is 2. The normalized spacial score (nSPS) is 16.0. The number of fused-ring (bicyclic) bond motifs is 2. The number of benzene rings is 1. The van der Waals surface area contributed by atoms with E-state index in [4.69, 9.17) is 10.2 Å². The van der Waals surface area contributed by atoms with Gasteiger partial charge in [-0.15, -0.1) is 11.3 Å². The van der Waals surface area contributed by atoms with Crippen molar-refractivity contribution in [1.29, 1.82) is 0 Å². The molecule has 7 heteroatoms. The van der Waals surface area contributed by atoms with E-state index in [0.29, 0.717) is 27.3 Å². The maximum atomic E-state index is 12.7. The van der Waals surface area contributed by atoms with E-state index in [2.05, 4.69) is 12.2 Å². The highest BCUT2D eigenvalue weighted by molar-refractivity contribution is 7.17. The summed E-state index contributed by atoms with van der Waals surface area (Å²) in [6.07, 6.45) is 3.75. The van der Waals surface area contributed by atoms with Gasteiger partial charge in [0, 0.05) is 4.88 Å². The first kappa shape index (κ1) is 18.4. The van der Waals surface area contributed by atoms with Gasteiger partial charge >= 0.3 is 5.63 Å². The molecule has 1 atom stereocenters. The second kappa shape index (κ2) is 7.24. The number of amides is 2. The van der Waals surface area contributed by atoms with Crippen molar-refractivity contribution in [3.63, 3.8) is 0 Å². The molecule has 0 spiro atoms. The predicted molar refractivity (Wildman–Crippen MR) is 109 cm³/mol. The molecule has 3 aromatic rings. The summed E-state index contributed by atoms with van der Waals surface area (Å²) in [4.78, 5) is 38.0. The van der Waals surface area contributed by atoms with Gasteiger partial charge in [0.05, 0.1) is 10.9 Å². The first-order valence-electron chi connectivity index (χ1n) is 9.26. The predicted octanol–water partition coefficient (Wildman–Crippen LogP) is 3.72. The summed E-state index contributed by atoms with van der Waals surface area (Å²) in [6, 6.07) is 8.43. The van der Waals surface area contributed by atoms with Crippen LogP contribution in [0.5, 0.6) is 0 Å². The van der Waals surface area contributed by atoms with Gasteiger partial charge < -0.3 is 15.5 Å². The van der Waals surface area contributed by atoms with E-state index >= 15 is 0 Å². The van der Waals surface area contributed by atoms with Gasteiger partial charge in [0.25, 0.3) is 11.8 Å². The van der Waals surface area contributed by atoms with E-state index in [1.165, 1.54) is 17.4 Å². The average molecular weight is 396 g/mol. The zero-order valence-corrected chi connectivity index (χ0v) is 16.2. The molecule has 4 rings (SSSR count). The largest absolute Gasteiger partial charge is 0.417 e. The molecular weight excluding hydrogens is 376 g/mol. The van der Waals surface area contributed by atoms with Crippen LogP contribution in [-0.4, -0.2) is 11.8 Å². The lowest BCUT2D eigenvalue weighted by Crippen LogP contribution is -2.20. The number of primary amides is 1. The van der Waals surface area contributed by atoms with E-state index in [9.17, 15) is 14.4 Å². The average Bonchev–Trinajstić information content (AvgIpc) is 3.04. The molecule has 0 radical (unpaired) electrons.